The molecule has 1 aromatic rings. The van der Waals surface area contributed by atoms with Crippen molar-refractivity contribution in [3.8, 4) is 5.75 Å². The molecule has 2 N–H and O–H groups in total. The van der Waals surface area contributed by atoms with Gasteiger partial charge in [-0.3, -0.25) is 4.79 Å². The summed E-state index contributed by atoms with van der Waals surface area (Å²) in [6, 6.07) is 7.77. The van der Waals surface area contributed by atoms with Crippen LogP contribution in [0, 0.1) is 0 Å². The summed E-state index contributed by atoms with van der Waals surface area (Å²) in [4.78, 5) is 11.7. The van der Waals surface area contributed by atoms with Gasteiger partial charge in [0.25, 0.3) is 0 Å². The first kappa shape index (κ1) is 16.3. The van der Waals surface area contributed by atoms with Crippen molar-refractivity contribution >= 4 is 11.6 Å². The molecule has 1 rings (SSSR count). The van der Waals surface area contributed by atoms with Crippen LogP contribution < -0.4 is 15.4 Å². The molecule has 0 aromatic heterocycles. The molecule has 0 fully saturated rings. The molecular weight excluding hydrogens is 252 g/mol. The lowest BCUT2D eigenvalue weighted by atomic mass is 10.1. The number of anilines is 1. The Balaban J connectivity index is 2.48. The Labute approximate surface area is 121 Å². The molecule has 0 heterocycles. The van der Waals surface area contributed by atoms with E-state index in [2.05, 4.69) is 10.6 Å². The van der Waals surface area contributed by atoms with E-state index in [1.54, 1.807) is 0 Å². The molecule has 20 heavy (non-hydrogen) atoms. The van der Waals surface area contributed by atoms with Gasteiger partial charge in [0, 0.05) is 18.5 Å². The lowest BCUT2D eigenvalue weighted by molar-refractivity contribution is -0.122. The average Bonchev–Trinajstić information content (AvgIpc) is 2.28. The number of nitrogens with one attached hydrogen (secondary N) is 2. The number of amides is 1. The molecule has 4 heteroatoms. The van der Waals surface area contributed by atoms with Crippen molar-refractivity contribution in [2.45, 2.75) is 52.7 Å². The summed E-state index contributed by atoms with van der Waals surface area (Å²) in [6.45, 7) is 10.5. The van der Waals surface area contributed by atoms with Crippen LogP contribution in [0.3, 0.4) is 0 Å². The van der Waals surface area contributed by atoms with Gasteiger partial charge in [0.15, 0.2) is 0 Å². The highest BCUT2D eigenvalue weighted by Crippen LogP contribution is 2.24. The van der Waals surface area contributed by atoms with Crippen LogP contribution in [0.15, 0.2) is 24.3 Å². The number of carbonyl (C=O) groups is 1. The molecule has 0 saturated carbocycles. The quantitative estimate of drug-likeness (QED) is 0.840. The van der Waals surface area contributed by atoms with Gasteiger partial charge in [0.2, 0.25) is 5.91 Å². The maximum Gasteiger partial charge on any atom is 0.222 e. The van der Waals surface area contributed by atoms with Crippen molar-refractivity contribution in [1.82, 2.24) is 5.32 Å². The third-order valence-corrected chi connectivity index (χ3v) is 2.43. The minimum Gasteiger partial charge on any atom is -0.489 e. The number of hydrogen-bond acceptors (Lipinski definition) is 3. The van der Waals surface area contributed by atoms with Crippen LogP contribution in [0.5, 0.6) is 5.75 Å². The van der Waals surface area contributed by atoms with E-state index in [1.807, 2.05) is 58.9 Å². The maximum atomic E-state index is 11.7. The number of ether oxygens (including phenoxy) is 1. The Hall–Kier alpha value is -1.71. The lowest BCUT2D eigenvalue weighted by Crippen LogP contribution is -2.41. The highest BCUT2D eigenvalue weighted by atomic mass is 16.5. The Morgan fingerprint density at radius 3 is 2.50 bits per heavy atom. The summed E-state index contributed by atoms with van der Waals surface area (Å²) < 4.78 is 5.72. The molecule has 112 valence electrons. The minimum atomic E-state index is -0.185. The molecule has 0 unspecified atom stereocenters. The number of rotatable bonds is 6. The number of benzene rings is 1. The normalized spacial score (nSPS) is 11.3. The monoisotopic (exact) mass is 278 g/mol. The summed E-state index contributed by atoms with van der Waals surface area (Å²) in [5.74, 6) is 0.867. The van der Waals surface area contributed by atoms with E-state index in [9.17, 15) is 4.79 Å². The fourth-order valence-corrected chi connectivity index (χ4v) is 1.76. The van der Waals surface area contributed by atoms with Crippen molar-refractivity contribution in [3.63, 3.8) is 0 Å². The summed E-state index contributed by atoms with van der Waals surface area (Å²) in [5, 5.41) is 6.19. The van der Waals surface area contributed by atoms with E-state index in [4.69, 9.17) is 4.74 Å². The molecule has 0 aliphatic carbocycles. The van der Waals surface area contributed by atoms with E-state index < -0.39 is 0 Å². The van der Waals surface area contributed by atoms with Gasteiger partial charge in [0.05, 0.1) is 11.8 Å². The van der Waals surface area contributed by atoms with Gasteiger partial charge >= 0.3 is 0 Å². The summed E-state index contributed by atoms with van der Waals surface area (Å²) >= 11 is 0. The second-order valence-electron chi connectivity index (χ2n) is 6.14. The number of hydrogen-bond donors (Lipinski definition) is 2. The number of carbonyl (C=O) groups excluding carboxylic acids is 1. The summed E-state index contributed by atoms with van der Waals surface area (Å²) in [5.41, 5.74) is 0.736. The molecule has 0 atom stereocenters. The first-order chi connectivity index (χ1) is 9.28. The van der Waals surface area contributed by atoms with E-state index >= 15 is 0 Å². The Morgan fingerprint density at radius 1 is 1.25 bits per heavy atom. The SMILES string of the molecule is CC(C)Oc1ccccc1NCCC(=O)NC(C)(C)C. The molecule has 4 nitrogen and oxygen atoms in total. The summed E-state index contributed by atoms with van der Waals surface area (Å²) in [7, 11) is 0. The van der Waals surface area contributed by atoms with Crippen LogP contribution >= 0.6 is 0 Å². The highest BCUT2D eigenvalue weighted by molar-refractivity contribution is 5.77. The molecular formula is C16H26N2O2. The zero-order valence-corrected chi connectivity index (χ0v) is 13.1. The molecule has 0 saturated heterocycles. The van der Waals surface area contributed by atoms with Crippen molar-refractivity contribution < 1.29 is 9.53 Å². The third-order valence-electron chi connectivity index (χ3n) is 2.43. The van der Waals surface area contributed by atoms with E-state index in [0.717, 1.165) is 11.4 Å². The topological polar surface area (TPSA) is 50.4 Å². The Morgan fingerprint density at radius 2 is 1.90 bits per heavy atom. The van der Waals surface area contributed by atoms with Crippen LogP contribution in [-0.4, -0.2) is 24.1 Å². The van der Waals surface area contributed by atoms with E-state index in [-0.39, 0.29) is 17.6 Å². The van der Waals surface area contributed by atoms with E-state index in [1.165, 1.54) is 0 Å². The van der Waals surface area contributed by atoms with Gasteiger partial charge in [-0.2, -0.15) is 0 Å². The fourth-order valence-electron chi connectivity index (χ4n) is 1.76. The summed E-state index contributed by atoms with van der Waals surface area (Å²) in [6.07, 6.45) is 0.565. The Bertz CT molecular complexity index is 436. The molecule has 1 amide bonds. The van der Waals surface area contributed by atoms with Gasteiger partial charge in [-0.05, 0) is 46.8 Å². The second-order valence-corrected chi connectivity index (χ2v) is 6.14. The fraction of sp³-hybridized carbons (Fsp3) is 0.562. The van der Waals surface area contributed by atoms with Crippen LogP contribution in [0.1, 0.15) is 41.0 Å². The van der Waals surface area contributed by atoms with Gasteiger partial charge < -0.3 is 15.4 Å². The van der Waals surface area contributed by atoms with Crippen molar-refractivity contribution in [2.75, 3.05) is 11.9 Å². The van der Waals surface area contributed by atoms with Crippen LogP contribution in [0.2, 0.25) is 0 Å². The zero-order valence-electron chi connectivity index (χ0n) is 13.1. The average molecular weight is 278 g/mol. The van der Waals surface area contributed by atoms with Crippen molar-refractivity contribution in [1.29, 1.82) is 0 Å². The smallest absolute Gasteiger partial charge is 0.222 e. The largest absolute Gasteiger partial charge is 0.489 e. The molecule has 0 aliphatic heterocycles. The van der Waals surface area contributed by atoms with Crippen molar-refractivity contribution in [3.05, 3.63) is 24.3 Å². The third kappa shape index (κ3) is 6.45. The first-order valence-electron chi connectivity index (χ1n) is 7.08. The molecule has 0 radical (unpaired) electrons. The predicted octanol–water partition coefficient (Wildman–Crippen LogP) is 3.19. The van der Waals surface area contributed by atoms with Gasteiger partial charge in [-0.25, -0.2) is 0 Å². The van der Waals surface area contributed by atoms with Crippen molar-refractivity contribution in [2.24, 2.45) is 0 Å². The predicted molar refractivity (Wildman–Crippen MR) is 83.2 cm³/mol. The van der Waals surface area contributed by atoms with Crippen LogP contribution in [0.25, 0.3) is 0 Å². The number of para-hydroxylation sites is 2. The molecule has 0 spiro atoms. The molecule has 0 bridgehead atoms. The Kier molecular flexibility index (Phi) is 5.86. The zero-order chi connectivity index (χ0) is 15.2. The van der Waals surface area contributed by atoms with Crippen LogP contribution in [-0.2, 0) is 4.79 Å². The van der Waals surface area contributed by atoms with E-state index in [0.29, 0.717) is 13.0 Å². The highest BCUT2D eigenvalue weighted by Gasteiger charge is 2.13. The standard InChI is InChI=1S/C16H26N2O2/c1-12(2)20-14-9-7-6-8-13(14)17-11-10-15(19)18-16(3,4)5/h6-9,12,17H,10-11H2,1-5H3,(H,18,19). The maximum absolute atomic E-state index is 11.7. The molecule has 0 aliphatic rings. The van der Waals surface area contributed by atoms with Gasteiger partial charge in [0.1, 0.15) is 5.75 Å². The lowest BCUT2D eigenvalue weighted by Gasteiger charge is -2.21. The van der Waals surface area contributed by atoms with Crippen LogP contribution in [0.4, 0.5) is 5.69 Å². The first-order valence-corrected chi connectivity index (χ1v) is 7.08. The minimum absolute atomic E-state index is 0.0484. The second kappa shape index (κ2) is 7.17. The van der Waals surface area contributed by atoms with Gasteiger partial charge in [-0.1, -0.05) is 12.1 Å². The van der Waals surface area contributed by atoms with Gasteiger partial charge in [-0.15, -0.1) is 0 Å². The molecule has 1 aromatic carbocycles.